The molecule has 92 valence electrons. The first kappa shape index (κ1) is 12.2. The summed E-state index contributed by atoms with van der Waals surface area (Å²) in [6.07, 6.45) is 5.48. The average molecular weight is 256 g/mol. The van der Waals surface area contributed by atoms with Crippen LogP contribution in [0.15, 0.2) is 18.2 Å². The molecule has 5 heteroatoms. The van der Waals surface area contributed by atoms with E-state index in [-0.39, 0.29) is 17.5 Å². The number of nitro benzene ring substituents is 1. The molecule has 4 nitrogen and oxygen atoms in total. The summed E-state index contributed by atoms with van der Waals surface area (Å²) in [4.78, 5) is 10.4. The van der Waals surface area contributed by atoms with Crippen LogP contribution in [0.5, 0.6) is 5.75 Å². The highest BCUT2D eigenvalue weighted by atomic mass is 35.5. The van der Waals surface area contributed by atoms with Crippen LogP contribution in [0.1, 0.15) is 32.1 Å². The smallest absolute Gasteiger partial charge is 0.311 e. The van der Waals surface area contributed by atoms with E-state index in [2.05, 4.69) is 0 Å². The zero-order valence-corrected chi connectivity index (χ0v) is 10.2. The Morgan fingerprint density at radius 3 is 2.65 bits per heavy atom. The minimum atomic E-state index is -0.436. The van der Waals surface area contributed by atoms with Crippen molar-refractivity contribution in [1.29, 1.82) is 0 Å². The standard InChI is InChI=1S/C12H14ClNO3/c13-9-6-7-11(14(15)16)12(8-9)17-10-4-2-1-3-5-10/h6-8,10H,1-5H2. The normalized spacial score (nSPS) is 16.8. The summed E-state index contributed by atoms with van der Waals surface area (Å²) in [5.41, 5.74) is -0.0139. The number of rotatable bonds is 3. The van der Waals surface area contributed by atoms with Crippen molar-refractivity contribution in [3.05, 3.63) is 33.3 Å². The van der Waals surface area contributed by atoms with Gasteiger partial charge < -0.3 is 4.74 Å². The first-order valence-electron chi connectivity index (χ1n) is 5.77. The van der Waals surface area contributed by atoms with Crippen molar-refractivity contribution in [2.75, 3.05) is 0 Å². The predicted molar refractivity (Wildman–Crippen MR) is 65.6 cm³/mol. The minimum absolute atomic E-state index is 0.0139. The van der Waals surface area contributed by atoms with E-state index in [1.165, 1.54) is 24.6 Å². The molecule has 1 fully saturated rings. The van der Waals surface area contributed by atoms with Crippen LogP contribution in [0.2, 0.25) is 5.02 Å². The molecule has 0 aromatic heterocycles. The van der Waals surface area contributed by atoms with Crippen molar-refractivity contribution >= 4 is 17.3 Å². The molecule has 0 aliphatic heterocycles. The van der Waals surface area contributed by atoms with Gasteiger partial charge in [0, 0.05) is 17.2 Å². The number of hydrogen-bond acceptors (Lipinski definition) is 3. The van der Waals surface area contributed by atoms with Crippen molar-refractivity contribution in [2.45, 2.75) is 38.2 Å². The highest BCUT2D eigenvalue weighted by Gasteiger charge is 2.21. The molecule has 0 N–H and O–H groups in total. The number of hydrogen-bond donors (Lipinski definition) is 0. The van der Waals surface area contributed by atoms with E-state index in [9.17, 15) is 10.1 Å². The fraction of sp³-hybridized carbons (Fsp3) is 0.500. The first-order chi connectivity index (χ1) is 8.16. The lowest BCUT2D eigenvalue weighted by atomic mass is 9.98. The van der Waals surface area contributed by atoms with Gasteiger partial charge >= 0.3 is 5.69 Å². The van der Waals surface area contributed by atoms with Gasteiger partial charge in [-0.05, 0) is 31.7 Å². The van der Waals surface area contributed by atoms with Gasteiger partial charge in [0.05, 0.1) is 11.0 Å². The number of benzene rings is 1. The second kappa shape index (κ2) is 5.36. The van der Waals surface area contributed by atoms with Gasteiger partial charge in [0.15, 0.2) is 5.75 Å². The van der Waals surface area contributed by atoms with E-state index in [0.717, 1.165) is 25.7 Å². The molecule has 0 atom stereocenters. The van der Waals surface area contributed by atoms with E-state index in [1.807, 2.05) is 0 Å². The minimum Gasteiger partial charge on any atom is -0.483 e. The van der Waals surface area contributed by atoms with E-state index in [4.69, 9.17) is 16.3 Å². The van der Waals surface area contributed by atoms with Crippen molar-refractivity contribution < 1.29 is 9.66 Å². The quantitative estimate of drug-likeness (QED) is 0.607. The summed E-state index contributed by atoms with van der Waals surface area (Å²) < 4.78 is 5.70. The summed E-state index contributed by atoms with van der Waals surface area (Å²) in [6.45, 7) is 0. The summed E-state index contributed by atoms with van der Waals surface area (Å²) in [5, 5.41) is 11.3. The number of nitrogens with zero attached hydrogens (tertiary/aromatic N) is 1. The lowest BCUT2D eigenvalue weighted by molar-refractivity contribution is -0.386. The van der Waals surface area contributed by atoms with Gasteiger partial charge in [-0.3, -0.25) is 10.1 Å². The third-order valence-electron chi connectivity index (χ3n) is 2.96. The third-order valence-corrected chi connectivity index (χ3v) is 3.20. The Morgan fingerprint density at radius 2 is 2.00 bits per heavy atom. The molecule has 1 aromatic rings. The third kappa shape index (κ3) is 3.09. The molecular formula is C12H14ClNO3. The molecule has 0 heterocycles. The molecule has 0 amide bonds. The lowest BCUT2D eigenvalue weighted by Crippen LogP contribution is -2.20. The van der Waals surface area contributed by atoms with Crippen molar-refractivity contribution in [3.8, 4) is 5.75 Å². The van der Waals surface area contributed by atoms with Crippen LogP contribution < -0.4 is 4.74 Å². The molecule has 0 unspecified atom stereocenters. The first-order valence-corrected chi connectivity index (χ1v) is 6.15. The number of nitro groups is 1. The largest absolute Gasteiger partial charge is 0.483 e. The van der Waals surface area contributed by atoms with E-state index < -0.39 is 4.92 Å². The maximum absolute atomic E-state index is 10.9. The molecule has 1 saturated carbocycles. The van der Waals surface area contributed by atoms with Gasteiger partial charge in [0.25, 0.3) is 0 Å². The molecule has 0 bridgehead atoms. The Hall–Kier alpha value is -1.29. The molecule has 0 spiro atoms. The molecule has 1 aliphatic carbocycles. The number of ether oxygens (including phenoxy) is 1. The van der Waals surface area contributed by atoms with E-state index >= 15 is 0 Å². The van der Waals surface area contributed by atoms with Crippen LogP contribution in [-0.2, 0) is 0 Å². The fourth-order valence-electron chi connectivity index (χ4n) is 2.10. The molecule has 1 aliphatic rings. The molecule has 17 heavy (non-hydrogen) atoms. The van der Waals surface area contributed by atoms with Crippen LogP contribution in [0, 0.1) is 10.1 Å². The van der Waals surface area contributed by atoms with Crippen LogP contribution in [0.25, 0.3) is 0 Å². The Labute approximate surface area is 105 Å². The topological polar surface area (TPSA) is 52.4 Å². The van der Waals surface area contributed by atoms with Crippen LogP contribution in [-0.4, -0.2) is 11.0 Å². The van der Waals surface area contributed by atoms with Gasteiger partial charge in [-0.1, -0.05) is 18.0 Å². The zero-order chi connectivity index (χ0) is 12.3. The summed E-state index contributed by atoms with van der Waals surface area (Å²) in [7, 11) is 0. The van der Waals surface area contributed by atoms with Gasteiger partial charge in [0.1, 0.15) is 0 Å². The maximum Gasteiger partial charge on any atom is 0.311 e. The second-order valence-electron chi connectivity index (χ2n) is 4.25. The Balaban J connectivity index is 2.17. The molecule has 0 radical (unpaired) electrons. The van der Waals surface area contributed by atoms with Crippen LogP contribution in [0.4, 0.5) is 5.69 Å². The lowest BCUT2D eigenvalue weighted by Gasteiger charge is -2.22. The Kier molecular flexibility index (Phi) is 3.84. The van der Waals surface area contributed by atoms with Crippen LogP contribution in [0.3, 0.4) is 0 Å². The molecular weight excluding hydrogens is 242 g/mol. The van der Waals surface area contributed by atoms with Crippen molar-refractivity contribution in [1.82, 2.24) is 0 Å². The highest BCUT2D eigenvalue weighted by molar-refractivity contribution is 6.30. The van der Waals surface area contributed by atoms with Crippen molar-refractivity contribution in [2.24, 2.45) is 0 Å². The summed E-state index contributed by atoms with van der Waals surface area (Å²) in [5.74, 6) is 0.286. The maximum atomic E-state index is 10.9. The highest BCUT2D eigenvalue weighted by Crippen LogP contribution is 2.33. The summed E-state index contributed by atoms with van der Waals surface area (Å²) >= 11 is 5.84. The SMILES string of the molecule is O=[N+]([O-])c1ccc(Cl)cc1OC1CCCCC1. The van der Waals surface area contributed by atoms with Crippen molar-refractivity contribution in [3.63, 3.8) is 0 Å². The van der Waals surface area contributed by atoms with Gasteiger partial charge in [0.2, 0.25) is 0 Å². The van der Waals surface area contributed by atoms with Gasteiger partial charge in [-0.25, -0.2) is 0 Å². The van der Waals surface area contributed by atoms with Gasteiger partial charge in [-0.15, -0.1) is 0 Å². The molecule has 1 aromatic carbocycles. The predicted octanol–water partition coefficient (Wildman–Crippen LogP) is 3.96. The average Bonchev–Trinajstić information content (AvgIpc) is 2.30. The van der Waals surface area contributed by atoms with Gasteiger partial charge in [-0.2, -0.15) is 0 Å². The molecule has 2 rings (SSSR count). The second-order valence-corrected chi connectivity index (χ2v) is 4.68. The monoisotopic (exact) mass is 255 g/mol. The van der Waals surface area contributed by atoms with E-state index in [0.29, 0.717) is 5.02 Å². The Morgan fingerprint density at radius 1 is 1.29 bits per heavy atom. The summed E-state index contributed by atoms with van der Waals surface area (Å²) in [6, 6.07) is 4.42. The van der Waals surface area contributed by atoms with Crippen LogP contribution >= 0.6 is 11.6 Å². The van der Waals surface area contributed by atoms with E-state index in [1.54, 1.807) is 0 Å². The Bertz CT molecular complexity index is 416. The number of halogens is 1. The fourth-order valence-corrected chi connectivity index (χ4v) is 2.26. The molecule has 0 saturated heterocycles. The zero-order valence-electron chi connectivity index (χ0n) is 9.39.